The van der Waals surface area contributed by atoms with Gasteiger partial charge in [-0.1, -0.05) is 13.8 Å². The molecule has 31 heavy (non-hydrogen) atoms. The minimum atomic E-state index is -0.406. The van der Waals surface area contributed by atoms with E-state index in [1.807, 2.05) is 19.2 Å². The van der Waals surface area contributed by atoms with Crippen molar-refractivity contribution in [3.63, 3.8) is 0 Å². The number of rotatable bonds is 3. The van der Waals surface area contributed by atoms with Gasteiger partial charge in [0.25, 0.3) is 0 Å². The third kappa shape index (κ3) is 3.10. The Bertz CT molecular complexity index is 883. The zero-order valence-corrected chi connectivity index (χ0v) is 19.1. The van der Waals surface area contributed by atoms with Crippen LogP contribution in [0.2, 0.25) is 0 Å². The van der Waals surface area contributed by atoms with E-state index in [0.717, 1.165) is 30.9 Å². The molecule has 0 radical (unpaired) electrons. The van der Waals surface area contributed by atoms with Crippen molar-refractivity contribution in [2.45, 2.75) is 77.4 Å². The summed E-state index contributed by atoms with van der Waals surface area (Å²) in [6.07, 6.45) is 9.14. The summed E-state index contributed by atoms with van der Waals surface area (Å²) in [7, 11) is 2.03. The molecule has 0 spiro atoms. The zero-order chi connectivity index (χ0) is 22.0. The Kier molecular flexibility index (Phi) is 4.87. The first-order chi connectivity index (χ1) is 14.7. The number of hydrogen-bond acceptors (Lipinski definition) is 3. The van der Waals surface area contributed by atoms with E-state index >= 15 is 0 Å². The van der Waals surface area contributed by atoms with Gasteiger partial charge in [0.1, 0.15) is 11.9 Å². The molecule has 7 atom stereocenters. The van der Waals surface area contributed by atoms with Crippen molar-refractivity contribution in [2.24, 2.45) is 34.3 Å². The Morgan fingerprint density at radius 1 is 1.00 bits per heavy atom. The molecule has 3 aliphatic carbocycles. The van der Waals surface area contributed by atoms with Gasteiger partial charge in [0.05, 0.1) is 0 Å². The van der Waals surface area contributed by atoms with Crippen LogP contribution in [-0.4, -0.2) is 35.9 Å². The van der Waals surface area contributed by atoms with Gasteiger partial charge in [-0.3, -0.25) is 9.59 Å². The first kappa shape index (κ1) is 20.8. The van der Waals surface area contributed by atoms with Crippen LogP contribution in [0.3, 0.4) is 0 Å². The van der Waals surface area contributed by atoms with E-state index in [9.17, 15) is 9.59 Å². The quantitative estimate of drug-likeness (QED) is 0.782. The Hall–Kier alpha value is -2.04. The molecular weight excluding hydrogens is 388 g/mol. The summed E-state index contributed by atoms with van der Waals surface area (Å²) in [4.78, 5) is 25.8. The van der Waals surface area contributed by atoms with E-state index in [2.05, 4.69) is 18.7 Å². The number of likely N-dealkylation sites (tertiary alicyclic amines) is 1. The summed E-state index contributed by atoms with van der Waals surface area (Å²) in [5.74, 6) is 2.92. The lowest BCUT2D eigenvalue weighted by Crippen LogP contribution is -2.61. The molecule has 7 unspecified atom stereocenters. The fraction of sp³-hybridized carbons (Fsp3) is 0.692. The largest absolute Gasteiger partial charge is 0.490 e. The third-order valence-electron chi connectivity index (χ3n) is 9.89. The summed E-state index contributed by atoms with van der Waals surface area (Å²) in [5.41, 5.74) is 6.35. The van der Waals surface area contributed by atoms with Crippen molar-refractivity contribution in [1.82, 2.24) is 4.90 Å². The number of ether oxygens (including phenoxy) is 1. The molecule has 0 bridgehead atoms. The molecule has 3 saturated carbocycles. The summed E-state index contributed by atoms with van der Waals surface area (Å²) in [6, 6.07) is 7.68. The van der Waals surface area contributed by atoms with Crippen molar-refractivity contribution < 1.29 is 14.3 Å². The molecule has 1 aromatic rings. The van der Waals surface area contributed by atoms with Gasteiger partial charge in [0.15, 0.2) is 0 Å². The van der Waals surface area contributed by atoms with Gasteiger partial charge >= 0.3 is 0 Å². The molecular formula is C26H36N2O3. The second kappa shape index (κ2) is 7.25. The van der Waals surface area contributed by atoms with Crippen molar-refractivity contribution >= 4 is 11.8 Å². The number of nitrogens with two attached hydrogens (primary N) is 1. The van der Waals surface area contributed by atoms with Gasteiger partial charge in [-0.25, -0.2) is 0 Å². The van der Waals surface area contributed by atoms with Gasteiger partial charge in [-0.2, -0.15) is 0 Å². The molecule has 4 fully saturated rings. The van der Waals surface area contributed by atoms with Crippen LogP contribution < -0.4 is 10.5 Å². The molecule has 1 aliphatic heterocycles. The number of hydrogen-bond donors (Lipinski definition) is 1. The topological polar surface area (TPSA) is 72.6 Å². The molecule has 5 nitrogen and oxygen atoms in total. The highest BCUT2D eigenvalue weighted by Gasteiger charge is 2.61. The van der Waals surface area contributed by atoms with E-state index in [4.69, 9.17) is 10.5 Å². The monoisotopic (exact) mass is 424 g/mol. The summed E-state index contributed by atoms with van der Waals surface area (Å²) in [6.45, 7) is 4.93. The summed E-state index contributed by atoms with van der Waals surface area (Å²) >= 11 is 0. The fourth-order valence-electron chi connectivity index (χ4n) is 8.16. The molecule has 2 N–H and O–H groups in total. The Morgan fingerprint density at radius 2 is 1.71 bits per heavy atom. The number of piperidine rings is 1. The van der Waals surface area contributed by atoms with Crippen LogP contribution in [0.5, 0.6) is 5.75 Å². The second-order valence-corrected chi connectivity index (χ2v) is 11.1. The lowest BCUT2D eigenvalue weighted by molar-refractivity contribution is -0.159. The Labute approximate surface area is 185 Å². The highest BCUT2D eigenvalue weighted by Crippen LogP contribution is 2.65. The normalized spacial score (nSPS) is 41.8. The predicted octanol–water partition coefficient (Wildman–Crippen LogP) is 4.40. The maximum atomic E-state index is 12.3. The number of carbonyl (C=O) groups excluding carboxylic acids is 2. The number of carbonyl (C=O) groups is 2. The van der Waals surface area contributed by atoms with E-state index < -0.39 is 5.91 Å². The van der Waals surface area contributed by atoms with Gasteiger partial charge in [0, 0.05) is 30.5 Å². The lowest BCUT2D eigenvalue weighted by atomic mass is 9.47. The lowest BCUT2D eigenvalue weighted by Gasteiger charge is -2.61. The standard InChI is InChI=1S/C26H36N2O3/c1-25-15-13-23(29)28(3)21(25)10-8-18-19-9-11-22(26(19,2)14-12-20(18)25)31-17-6-4-16(5-7-17)24(27)30/h4-7,18-22H,8-15H2,1-3H3,(H2,27,30). The summed E-state index contributed by atoms with van der Waals surface area (Å²) in [5, 5.41) is 0. The molecule has 1 aromatic carbocycles. The SMILES string of the molecule is CN1C(=O)CCC2(C)C3CCC4(C)C(Oc5ccc(C(N)=O)cc5)CCC4C3CCC12. The van der Waals surface area contributed by atoms with Crippen LogP contribution in [-0.2, 0) is 4.79 Å². The van der Waals surface area contributed by atoms with Crippen molar-refractivity contribution in [1.29, 1.82) is 0 Å². The third-order valence-corrected chi connectivity index (χ3v) is 9.89. The second-order valence-electron chi connectivity index (χ2n) is 11.1. The van der Waals surface area contributed by atoms with E-state index in [1.165, 1.54) is 25.7 Å². The van der Waals surface area contributed by atoms with Crippen LogP contribution in [0.15, 0.2) is 24.3 Å². The van der Waals surface area contributed by atoms with Gasteiger partial charge in [-0.05, 0) is 92.4 Å². The number of fused-ring (bicyclic) bond motifs is 5. The van der Waals surface area contributed by atoms with Crippen molar-refractivity contribution in [3.8, 4) is 5.75 Å². The highest BCUT2D eigenvalue weighted by atomic mass is 16.5. The molecule has 1 saturated heterocycles. The molecule has 168 valence electrons. The molecule has 0 aromatic heterocycles. The van der Waals surface area contributed by atoms with Crippen LogP contribution in [0.25, 0.3) is 0 Å². The Morgan fingerprint density at radius 3 is 2.42 bits per heavy atom. The van der Waals surface area contributed by atoms with Crippen LogP contribution in [0.4, 0.5) is 0 Å². The first-order valence-electron chi connectivity index (χ1n) is 12.1. The average Bonchev–Trinajstić information content (AvgIpc) is 3.08. The molecule has 2 amide bonds. The maximum absolute atomic E-state index is 12.3. The molecule has 1 heterocycles. The zero-order valence-electron chi connectivity index (χ0n) is 19.1. The highest BCUT2D eigenvalue weighted by molar-refractivity contribution is 5.92. The van der Waals surface area contributed by atoms with Crippen molar-refractivity contribution in [3.05, 3.63) is 29.8 Å². The van der Waals surface area contributed by atoms with Gasteiger partial charge < -0.3 is 15.4 Å². The van der Waals surface area contributed by atoms with Crippen molar-refractivity contribution in [2.75, 3.05) is 7.05 Å². The van der Waals surface area contributed by atoms with E-state index in [0.29, 0.717) is 35.8 Å². The Balaban J connectivity index is 1.35. The van der Waals surface area contributed by atoms with E-state index in [-0.39, 0.29) is 16.9 Å². The molecule has 5 rings (SSSR count). The van der Waals surface area contributed by atoms with Crippen LogP contribution >= 0.6 is 0 Å². The number of benzene rings is 1. The number of primary amides is 1. The average molecular weight is 425 g/mol. The minimum Gasteiger partial charge on any atom is -0.490 e. The maximum Gasteiger partial charge on any atom is 0.248 e. The van der Waals surface area contributed by atoms with E-state index in [1.54, 1.807) is 12.1 Å². The molecule has 4 aliphatic rings. The van der Waals surface area contributed by atoms with Gasteiger partial charge in [0.2, 0.25) is 11.8 Å². The minimum absolute atomic E-state index is 0.198. The predicted molar refractivity (Wildman–Crippen MR) is 120 cm³/mol. The van der Waals surface area contributed by atoms with Crippen LogP contribution in [0.1, 0.15) is 75.6 Å². The number of amides is 2. The van der Waals surface area contributed by atoms with Crippen LogP contribution in [0, 0.1) is 28.6 Å². The first-order valence-corrected chi connectivity index (χ1v) is 12.1. The number of nitrogens with zero attached hydrogens (tertiary/aromatic N) is 1. The fourth-order valence-corrected chi connectivity index (χ4v) is 8.16. The van der Waals surface area contributed by atoms with Gasteiger partial charge in [-0.15, -0.1) is 0 Å². The molecule has 5 heteroatoms. The smallest absolute Gasteiger partial charge is 0.248 e. The summed E-state index contributed by atoms with van der Waals surface area (Å²) < 4.78 is 6.52.